The van der Waals surface area contributed by atoms with Gasteiger partial charge in [0.25, 0.3) is 0 Å². The zero-order valence-corrected chi connectivity index (χ0v) is 15.9. The summed E-state index contributed by atoms with van der Waals surface area (Å²) in [7, 11) is 0. The van der Waals surface area contributed by atoms with E-state index in [0.717, 1.165) is 11.0 Å². The van der Waals surface area contributed by atoms with Crippen molar-refractivity contribution < 1.29 is 24.2 Å². The van der Waals surface area contributed by atoms with Crippen LogP contribution in [-0.4, -0.2) is 41.4 Å². The molecule has 2 aliphatic carbocycles. The molecule has 1 heterocycles. The van der Waals surface area contributed by atoms with Crippen LogP contribution in [0.5, 0.6) is 0 Å². The van der Waals surface area contributed by atoms with Crippen LogP contribution in [0.25, 0.3) is 11.0 Å². The quantitative estimate of drug-likeness (QED) is 0.837. The molecule has 6 heteroatoms. The first-order valence-corrected chi connectivity index (χ1v) is 9.30. The number of ketones is 1. The topological polar surface area (TPSA) is 79.9 Å². The van der Waals surface area contributed by atoms with E-state index in [1.54, 1.807) is 18.2 Å². The van der Waals surface area contributed by atoms with Crippen LogP contribution < -0.4 is 0 Å². The van der Waals surface area contributed by atoms with E-state index in [1.807, 2.05) is 26.0 Å². The van der Waals surface area contributed by atoms with Gasteiger partial charge in [-0.05, 0) is 31.6 Å². The molecule has 0 bridgehead atoms. The molecule has 1 unspecified atom stereocenters. The van der Waals surface area contributed by atoms with Crippen LogP contribution in [-0.2, 0) is 10.2 Å². The third-order valence-corrected chi connectivity index (χ3v) is 5.60. The number of benzene rings is 1. The highest BCUT2D eigenvalue weighted by Crippen LogP contribution is 2.48. The predicted molar refractivity (Wildman–Crippen MR) is 102 cm³/mol. The van der Waals surface area contributed by atoms with Gasteiger partial charge in [-0.3, -0.25) is 4.79 Å². The Labute approximate surface area is 161 Å². The summed E-state index contributed by atoms with van der Waals surface area (Å²) < 4.78 is 11.8. The Balaban J connectivity index is 1.73. The van der Waals surface area contributed by atoms with Gasteiger partial charge < -0.3 is 19.4 Å². The maximum absolute atomic E-state index is 13.2. The lowest BCUT2D eigenvalue weighted by atomic mass is 9.68. The van der Waals surface area contributed by atoms with Crippen molar-refractivity contribution in [3.05, 3.63) is 57.8 Å². The first-order chi connectivity index (χ1) is 12.8. The largest absolute Gasteiger partial charge is 0.459 e. The summed E-state index contributed by atoms with van der Waals surface area (Å²) in [5.41, 5.74) is 2.36. The van der Waals surface area contributed by atoms with E-state index in [4.69, 9.17) is 25.9 Å². The molecule has 0 saturated heterocycles. The van der Waals surface area contributed by atoms with Gasteiger partial charge in [0, 0.05) is 33.9 Å². The Morgan fingerprint density at radius 3 is 2.93 bits per heavy atom. The van der Waals surface area contributed by atoms with Crippen molar-refractivity contribution in [2.45, 2.75) is 37.9 Å². The van der Waals surface area contributed by atoms with Crippen LogP contribution in [0.2, 0.25) is 5.02 Å². The van der Waals surface area contributed by atoms with E-state index in [0.29, 0.717) is 33.9 Å². The molecule has 0 spiro atoms. The van der Waals surface area contributed by atoms with Gasteiger partial charge in [0.05, 0.1) is 24.9 Å². The number of aliphatic hydroxyl groups excluding tert-OH is 2. The fourth-order valence-corrected chi connectivity index (χ4v) is 4.06. The molecule has 0 fully saturated rings. The molecule has 4 rings (SSSR count). The Hall–Kier alpha value is -1.92. The average molecular weight is 389 g/mol. The number of ether oxygens (including phenoxy) is 1. The van der Waals surface area contributed by atoms with Crippen molar-refractivity contribution in [1.29, 1.82) is 0 Å². The fourth-order valence-electron chi connectivity index (χ4n) is 3.90. The summed E-state index contributed by atoms with van der Waals surface area (Å²) in [5.74, 6) is 0.596. The molecule has 0 aliphatic heterocycles. The molecule has 2 aliphatic rings. The van der Waals surface area contributed by atoms with Crippen LogP contribution >= 0.6 is 11.6 Å². The molecule has 0 saturated carbocycles. The van der Waals surface area contributed by atoms with Crippen LogP contribution in [0.4, 0.5) is 0 Å². The van der Waals surface area contributed by atoms with Gasteiger partial charge in [0.15, 0.2) is 5.78 Å². The minimum absolute atomic E-state index is 0.0386. The number of furan rings is 1. The van der Waals surface area contributed by atoms with Crippen molar-refractivity contribution in [3.63, 3.8) is 0 Å². The Kier molecular flexibility index (Phi) is 4.51. The minimum atomic E-state index is -0.915. The molecular formula is C21H21ClO5. The lowest BCUT2D eigenvalue weighted by Crippen LogP contribution is -2.34. The summed E-state index contributed by atoms with van der Waals surface area (Å²) in [5, 5.41) is 19.8. The van der Waals surface area contributed by atoms with Gasteiger partial charge in [0.1, 0.15) is 17.4 Å². The van der Waals surface area contributed by atoms with E-state index in [1.165, 1.54) is 0 Å². The second-order valence-corrected chi connectivity index (χ2v) is 8.00. The number of halogens is 1. The zero-order chi connectivity index (χ0) is 19.3. The molecule has 0 amide bonds. The first-order valence-electron chi connectivity index (χ1n) is 8.92. The number of rotatable bonds is 4. The molecule has 2 atom stereocenters. The van der Waals surface area contributed by atoms with Crippen molar-refractivity contribution in [1.82, 2.24) is 0 Å². The molecule has 1 aromatic heterocycles. The number of fused-ring (bicyclic) bond motifs is 3. The van der Waals surface area contributed by atoms with Gasteiger partial charge in [-0.1, -0.05) is 23.8 Å². The number of carbonyl (C=O) groups excluding carboxylic acids is 1. The van der Waals surface area contributed by atoms with E-state index >= 15 is 0 Å². The smallest absolute Gasteiger partial charge is 0.197 e. The van der Waals surface area contributed by atoms with Crippen LogP contribution in [0.1, 0.15) is 36.4 Å². The molecule has 0 radical (unpaired) electrons. The molecule has 5 nitrogen and oxygen atoms in total. The molecule has 142 valence electrons. The number of hydrogen-bond donors (Lipinski definition) is 2. The maximum Gasteiger partial charge on any atom is 0.197 e. The number of Topliss-reactive ketones (excluding diaryl/α,β-unsaturated/α-hetero) is 1. The van der Waals surface area contributed by atoms with E-state index in [-0.39, 0.29) is 25.1 Å². The second kappa shape index (κ2) is 6.60. The highest BCUT2D eigenvalue weighted by molar-refractivity contribution is 6.31. The van der Waals surface area contributed by atoms with Crippen molar-refractivity contribution >= 4 is 28.4 Å². The predicted octanol–water partition coefficient (Wildman–Crippen LogP) is 3.56. The van der Waals surface area contributed by atoms with Gasteiger partial charge in [0.2, 0.25) is 0 Å². The molecule has 2 aromatic rings. The minimum Gasteiger partial charge on any atom is -0.459 e. The summed E-state index contributed by atoms with van der Waals surface area (Å²) in [6.07, 6.45) is 2.98. The van der Waals surface area contributed by atoms with Crippen molar-refractivity contribution in [3.8, 4) is 0 Å². The van der Waals surface area contributed by atoms with Gasteiger partial charge in [-0.2, -0.15) is 0 Å². The SMILES string of the molecule is CC1(C)C2=C(C=CC(OC[C@H](O)CO)C2)C(=O)c2c1oc1cc(Cl)ccc21. The monoisotopic (exact) mass is 388 g/mol. The molecule has 27 heavy (non-hydrogen) atoms. The van der Waals surface area contributed by atoms with Gasteiger partial charge in [-0.15, -0.1) is 0 Å². The molecule has 2 N–H and O–H groups in total. The van der Waals surface area contributed by atoms with Crippen molar-refractivity contribution in [2.24, 2.45) is 0 Å². The molecular weight excluding hydrogens is 368 g/mol. The van der Waals surface area contributed by atoms with E-state index in [2.05, 4.69) is 0 Å². The number of aliphatic hydroxyl groups is 2. The van der Waals surface area contributed by atoms with E-state index in [9.17, 15) is 9.90 Å². The normalized spacial score (nSPS) is 22.1. The zero-order valence-electron chi connectivity index (χ0n) is 15.2. The van der Waals surface area contributed by atoms with Gasteiger partial charge in [-0.25, -0.2) is 0 Å². The third kappa shape index (κ3) is 2.95. The molecule has 1 aromatic carbocycles. The number of allylic oxidation sites excluding steroid dienone is 2. The lowest BCUT2D eigenvalue weighted by Gasteiger charge is -2.36. The lowest BCUT2D eigenvalue weighted by molar-refractivity contribution is -0.0147. The fraction of sp³-hybridized carbons (Fsp3) is 0.381. The highest BCUT2D eigenvalue weighted by atomic mass is 35.5. The third-order valence-electron chi connectivity index (χ3n) is 5.37. The van der Waals surface area contributed by atoms with Gasteiger partial charge >= 0.3 is 0 Å². The summed E-state index contributed by atoms with van der Waals surface area (Å²) >= 11 is 6.08. The Bertz CT molecular complexity index is 982. The Morgan fingerprint density at radius 2 is 2.19 bits per heavy atom. The number of hydrogen-bond acceptors (Lipinski definition) is 5. The standard InChI is InChI=1S/C21H21ClO5/c1-21(2)16-8-13(26-10-12(24)9-23)4-6-14(16)19(25)18-15-5-3-11(22)7-17(15)27-20(18)21/h3-7,12-13,23-24H,8-10H2,1-2H3/t12-,13?/m1/s1. The maximum atomic E-state index is 13.2. The number of carbonyl (C=O) groups is 1. The van der Waals surface area contributed by atoms with Crippen molar-refractivity contribution in [2.75, 3.05) is 13.2 Å². The first kappa shape index (κ1) is 18.4. The Morgan fingerprint density at radius 1 is 1.41 bits per heavy atom. The summed E-state index contributed by atoms with van der Waals surface area (Å²) in [4.78, 5) is 13.2. The summed E-state index contributed by atoms with van der Waals surface area (Å²) in [6.45, 7) is 3.77. The second-order valence-electron chi connectivity index (χ2n) is 7.56. The van der Waals surface area contributed by atoms with Crippen LogP contribution in [0.3, 0.4) is 0 Å². The average Bonchev–Trinajstić information content (AvgIpc) is 3.04. The van der Waals surface area contributed by atoms with Crippen LogP contribution in [0, 0.1) is 0 Å². The summed E-state index contributed by atoms with van der Waals surface area (Å²) in [6, 6.07) is 5.32. The van der Waals surface area contributed by atoms with E-state index < -0.39 is 11.5 Å². The highest BCUT2D eigenvalue weighted by Gasteiger charge is 2.44. The van der Waals surface area contributed by atoms with Crippen LogP contribution in [0.15, 0.2) is 45.9 Å².